The second-order valence-corrected chi connectivity index (χ2v) is 6.99. The number of nitrogens with one attached hydrogen (secondary N) is 2. The highest BCUT2D eigenvalue weighted by molar-refractivity contribution is 6.06. The summed E-state index contributed by atoms with van der Waals surface area (Å²) in [4.78, 5) is 26.8. The number of anilines is 2. The van der Waals surface area contributed by atoms with Crippen LogP contribution in [0.4, 0.5) is 11.4 Å². The number of benzene rings is 2. The van der Waals surface area contributed by atoms with Crippen LogP contribution in [-0.4, -0.2) is 37.6 Å². The minimum absolute atomic E-state index is 0.0177. The van der Waals surface area contributed by atoms with Gasteiger partial charge in [-0.2, -0.15) is 0 Å². The first-order chi connectivity index (χ1) is 13.1. The molecule has 4 rings (SSSR count). The van der Waals surface area contributed by atoms with Crippen molar-refractivity contribution in [1.82, 2.24) is 5.32 Å². The number of hydrogen-bond donors (Lipinski definition) is 2. The number of rotatable bonds is 5. The van der Waals surface area contributed by atoms with Crippen LogP contribution in [0.1, 0.15) is 28.8 Å². The normalized spacial score (nSPS) is 17.7. The summed E-state index contributed by atoms with van der Waals surface area (Å²) in [6.07, 6.45) is 1.90. The average Bonchev–Trinajstić information content (AvgIpc) is 3.15. The number of carbonyl (C=O) groups is 2. The van der Waals surface area contributed by atoms with Crippen LogP contribution in [0.3, 0.4) is 0 Å². The molecule has 2 aliphatic heterocycles. The van der Waals surface area contributed by atoms with E-state index in [-0.39, 0.29) is 17.9 Å². The number of ether oxygens (including phenoxy) is 1. The van der Waals surface area contributed by atoms with Crippen LogP contribution in [0, 0.1) is 6.92 Å². The van der Waals surface area contributed by atoms with Gasteiger partial charge in [0.2, 0.25) is 5.91 Å². The molecule has 6 nitrogen and oxygen atoms in total. The summed E-state index contributed by atoms with van der Waals surface area (Å²) in [6.45, 7) is 3.69. The van der Waals surface area contributed by atoms with E-state index < -0.39 is 0 Å². The van der Waals surface area contributed by atoms with Gasteiger partial charge in [-0.3, -0.25) is 9.59 Å². The smallest absolute Gasteiger partial charge is 0.251 e. The van der Waals surface area contributed by atoms with Gasteiger partial charge in [0.15, 0.2) is 0 Å². The van der Waals surface area contributed by atoms with Crippen molar-refractivity contribution in [2.45, 2.75) is 25.8 Å². The van der Waals surface area contributed by atoms with Crippen LogP contribution in [0.25, 0.3) is 0 Å². The van der Waals surface area contributed by atoms with Crippen LogP contribution in [0.2, 0.25) is 0 Å². The van der Waals surface area contributed by atoms with Gasteiger partial charge in [0.1, 0.15) is 18.4 Å². The van der Waals surface area contributed by atoms with Gasteiger partial charge in [-0.1, -0.05) is 12.1 Å². The number of carbonyl (C=O) groups excluding carboxylic acids is 2. The van der Waals surface area contributed by atoms with E-state index in [1.807, 2.05) is 43.3 Å². The first kappa shape index (κ1) is 17.4. The Morgan fingerprint density at radius 1 is 1.30 bits per heavy atom. The SMILES string of the molecule is Cc1cccc(OCCNC(=O)c2ccc3c(c2)NC(=O)[C@H]2CCCN32)c1. The Morgan fingerprint density at radius 2 is 2.19 bits per heavy atom. The molecule has 6 heteroatoms. The van der Waals surface area contributed by atoms with E-state index in [0.29, 0.717) is 24.4 Å². The standard InChI is InChI=1S/C21H23N3O3/c1-14-4-2-5-16(12-14)27-11-9-22-20(25)15-7-8-18-17(13-15)23-21(26)19-6-3-10-24(18)19/h2,4-5,7-8,12-13,19H,3,6,9-11H2,1H3,(H,22,25)(H,23,26)/t19-/m1/s1. The predicted molar refractivity (Wildman–Crippen MR) is 104 cm³/mol. The fraction of sp³-hybridized carbons (Fsp3) is 0.333. The molecule has 0 saturated carbocycles. The third-order valence-electron chi connectivity index (χ3n) is 5.03. The zero-order valence-corrected chi connectivity index (χ0v) is 15.3. The first-order valence-electron chi connectivity index (χ1n) is 9.31. The summed E-state index contributed by atoms with van der Waals surface area (Å²) >= 11 is 0. The van der Waals surface area contributed by atoms with Crippen LogP contribution in [0.5, 0.6) is 5.75 Å². The van der Waals surface area contributed by atoms with Crippen molar-refractivity contribution in [2.75, 3.05) is 29.9 Å². The molecule has 140 valence electrons. The lowest BCUT2D eigenvalue weighted by Crippen LogP contribution is -2.44. The van der Waals surface area contributed by atoms with E-state index in [4.69, 9.17) is 4.74 Å². The molecule has 2 aliphatic rings. The predicted octanol–water partition coefficient (Wildman–Crippen LogP) is 2.72. The van der Waals surface area contributed by atoms with E-state index in [1.165, 1.54) is 0 Å². The van der Waals surface area contributed by atoms with Crippen molar-refractivity contribution in [2.24, 2.45) is 0 Å². The van der Waals surface area contributed by atoms with Gasteiger partial charge < -0.3 is 20.3 Å². The Labute approximate surface area is 158 Å². The fourth-order valence-electron chi connectivity index (χ4n) is 3.71. The van der Waals surface area contributed by atoms with Gasteiger partial charge in [0.25, 0.3) is 5.91 Å². The molecule has 0 spiro atoms. The molecule has 0 unspecified atom stereocenters. The Kier molecular flexibility index (Phi) is 4.71. The minimum Gasteiger partial charge on any atom is -0.492 e. The molecular weight excluding hydrogens is 342 g/mol. The molecule has 0 radical (unpaired) electrons. The lowest BCUT2D eigenvalue weighted by Gasteiger charge is -2.33. The van der Waals surface area contributed by atoms with E-state index >= 15 is 0 Å². The number of fused-ring (bicyclic) bond motifs is 3. The van der Waals surface area contributed by atoms with Crippen molar-refractivity contribution in [3.63, 3.8) is 0 Å². The van der Waals surface area contributed by atoms with Gasteiger partial charge in [-0.15, -0.1) is 0 Å². The van der Waals surface area contributed by atoms with Gasteiger partial charge in [-0.05, 0) is 55.7 Å². The number of hydrogen-bond acceptors (Lipinski definition) is 4. The molecule has 2 aromatic carbocycles. The second kappa shape index (κ2) is 7.31. The summed E-state index contributed by atoms with van der Waals surface area (Å²) < 4.78 is 5.65. The van der Waals surface area contributed by atoms with E-state index in [2.05, 4.69) is 15.5 Å². The maximum absolute atomic E-state index is 12.4. The Hall–Kier alpha value is -3.02. The molecular formula is C21H23N3O3. The Balaban J connectivity index is 1.35. The van der Waals surface area contributed by atoms with Crippen molar-refractivity contribution in [3.8, 4) is 5.75 Å². The Morgan fingerprint density at radius 3 is 3.04 bits per heavy atom. The summed E-state index contributed by atoms with van der Waals surface area (Å²) in [7, 11) is 0. The lowest BCUT2D eigenvalue weighted by atomic mass is 10.1. The highest BCUT2D eigenvalue weighted by atomic mass is 16.5. The molecule has 0 bridgehead atoms. The zero-order valence-electron chi connectivity index (χ0n) is 15.3. The fourth-order valence-corrected chi connectivity index (χ4v) is 3.71. The van der Waals surface area contributed by atoms with E-state index in [1.54, 1.807) is 6.07 Å². The highest BCUT2D eigenvalue weighted by Gasteiger charge is 2.36. The van der Waals surface area contributed by atoms with Gasteiger partial charge in [0.05, 0.1) is 17.9 Å². The van der Waals surface area contributed by atoms with Crippen molar-refractivity contribution in [1.29, 1.82) is 0 Å². The van der Waals surface area contributed by atoms with Gasteiger partial charge >= 0.3 is 0 Å². The molecule has 1 atom stereocenters. The van der Waals surface area contributed by atoms with Gasteiger partial charge in [-0.25, -0.2) is 0 Å². The summed E-state index contributed by atoms with van der Waals surface area (Å²) in [6, 6.07) is 13.2. The number of nitrogens with zero attached hydrogens (tertiary/aromatic N) is 1. The molecule has 1 fully saturated rings. The molecule has 0 aromatic heterocycles. The topological polar surface area (TPSA) is 70.7 Å². The first-order valence-corrected chi connectivity index (χ1v) is 9.31. The molecule has 0 aliphatic carbocycles. The van der Waals surface area contributed by atoms with Crippen LogP contribution in [0.15, 0.2) is 42.5 Å². The Bertz CT molecular complexity index is 881. The van der Waals surface area contributed by atoms with Crippen LogP contribution >= 0.6 is 0 Å². The van der Waals surface area contributed by atoms with E-state index in [9.17, 15) is 9.59 Å². The van der Waals surface area contributed by atoms with Gasteiger partial charge in [0, 0.05) is 12.1 Å². The second-order valence-electron chi connectivity index (χ2n) is 6.99. The number of amides is 2. The maximum atomic E-state index is 12.4. The quantitative estimate of drug-likeness (QED) is 0.800. The summed E-state index contributed by atoms with van der Waals surface area (Å²) in [5, 5.41) is 5.79. The largest absolute Gasteiger partial charge is 0.492 e. The minimum atomic E-state index is -0.177. The zero-order chi connectivity index (χ0) is 18.8. The number of aryl methyl sites for hydroxylation is 1. The van der Waals surface area contributed by atoms with E-state index in [0.717, 1.165) is 36.4 Å². The molecule has 2 heterocycles. The van der Waals surface area contributed by atoms with Crippen LogP contribution < -0.4 is 20.3 Å². The van der Waals surface area contributed by atoms with Crippen molar-refractivity contribution >= 4 is 23.2 Å². The summed E-state index contributed by atoms with van der Waals surface area (Å²) in [5.41, 5.74) is 3.37. The average molecular weight is 365 g/mol. The molecule has 27 heavy (non-hydrogen) atoms. The molecule has 2 amide bonds. The third kappa shape index (κ3) is 3.60. The summed E-state index contributed by atoms with van der Waals surface area (Å²) in [5.74, 6) is 0.633. The monoisotopic (exact) mass is 365 g/mol. The van der Waals surface area contributed by atoms with Crippen molar-refractivity contribution in [3.05, 3.63) is 53.6 Å². The third-order valence-corrected chi connectivity index (χ3v) is 5.03. The van der Waals surface area contributed by atoms with Crippen LogP contribution in [-0.2, 0) is 4.79 Å². The highest BCUT2D eigenvalue weighted by Crippen LogP contribution is 2.37. The molecule has 2 aromatic rings. The van der Waals surface area contributed by atoms with Crippen molar-refractivity contribution < 1.29 is 14.3 Å². The molecule has 2 N–H and O–H groups in total. The molecule has 1 saturated heterocycles. The lowest BCUT2D eigenvalue weighted by molar-refractivity contribution is -0.117. The maximum Gasteiger partial charge on any atom is 0.251 e.